The summed E-state index contributed by atoms with van der Waals surface area (Å²) < 4.78 is 16.4. The van der Waals surface area contributed by atoms with E-state index in [4.69, 9.17) is 19.9 Å². The van der Waals surface area contributed by atoms with Gasteiger partial charge >= 0.3 is 0 Å². The molecule has 0 aromatic carbocycles. The van der Waals surface area contributed by atoms with Crippen LogP contribution in [-0.4, -0.2) is 41.5 Å². The molecule has 2 fully saturated rings. The van der Waals surface area contributed by atoms with Crippen LogP contribution in [-0.2, 0) is 14.2 Å². The number of fused-ring (bicyclic) bond motifs is 1. The fourth-order valence-corrected chi connectivity index (χ4v) is 1.95. The van der Waals surface area contributed by atoms with E-state index in [2.05, 4.69) is 0 Å². The first kappa shape index (κ1) is 10.3. The zero-order valence-corrected chi connectivity index (χ0v) is 8.64. The van der Waals surface area contributed by atoms with Crippen molar-refractivity contribution in [1.82, 2.24) is 0 Å². The fraction of sp³-hybridized carbons (Fsp3) is 1.00. The molecule has 0 radical (unpaired) electrons. The number of hydrogen-bond donors (Lipinski definition) is 2. The van der Waals surface area contributed by atoms with Crippen LogP contribution in [0.5, 0.6) is 0 Å². The minimum absolute atomic E-state index is 0.231. The Morgan fingerprint density at radius 2 is 2.00 bits per heavy atom. The van der Waals surface area contributed by atoms with Gasteiger partial charge in [-0.15, -0.1) is 0 Å². The second kappa shape index (κ2) is 3.15. The SMILES string of the molecule is C[C@@H](N)[C@H]1O[C@@H]2OC(C)(C)O[C@@H]2[C@H]1O. The summed E-state index contributed by atoms with van der Waals surface area (Å²) in [6.07, 6.45) is -2.01. The van der Waals surface area contributed by atoms with E-state index in [1.54, 1.807) is 20.8 Å². The molecule has 0 unspecified atom stereocenters. The summed E-state index contributed by atoms with van der Waals surface area (Å²) in [5, 5.41) is 9.85. The van der Waals surface area contributed by atoms with Gasteiger partial charge in [0.05, 0.1) is 0 Å². The molecule has 0 aromatic heterocycles. The third-order valence-electron chi connectivity index (χ3n) is 2.57. The van der Waals surface area contributed by atoms with E-state index < -0.39 is 30.4 Å². The van der Waals surface area contributed by atoms with Gasteiger partial charge in [0.1, 0.15) is 18.3 Å². The second-order valence-corrected chi connectivity index (χ2v) is 4.42. The molecule has 2 rings (SSSR count). The van der Waals surface area contributed by atoms with Crippen LogP contribution < -0.4 is 5.73 Å². The van der Waals surface area contributed by atoms with Crippen LogP contribution in [0.1, 0.15) is 20.8 Å². The number of aliphatic hydroxyl groups is 1. The van der Waals surface area contributed by atoms with E-state index in [-0.39, 0.29) is 6.04 Å². The van der Waals surface area contributed by atoms with Gasteiger partial charge in [-0.2, -0.15) is 0 Å². The molecule has 0 aromatic rings. The molecule has 3 N–H and O–H groups in total. The molecule has 0 bridgehead atoms. The third-order valence-corrected chi connectivity index (χ3v) is 2.57. The number of hydrogen-bond acceptors (Lipinski definition) is 5. The molecular weight excluding hydrogens is 186 g/mol. The van der Waals surface area contributed by atoms with Crippen molar-refractivity contribution < 1.29 is 19.3 Å². The Balaban J connectivity index is 2.08. The summed E-state index contributed by atoms with van der Waals surface area (Å²) in [6.45, 7) is 5.38. The van der Waals surface area contributed by atoms with Crippen LogP contribution in [0.15, 0.2) is 0 Å². The fourth-order valence-electron chi connectivity index (χ4n) is 1.95. The van der Waals surface area contributed by atoms with Crippen molar-refractivity contribution in [3.63, 3.8) is 0 Å². The van der Waals surface area contributed by atoms with Crippen LogP contribution in [0, 0.1) is 0 Å². The van der Waals surface area contributed by atoms with Crippen molar-refractivity contribution in [3.05, 3.63) is 0 Å². The van der Waals surface area contributed by atoms with E-state index in [1.165, 1.54) is 0 Å². The molecular formula is C9H17NO4. The van der Waals surface area contributed by atoms with Gasteiger partial charge in [-0.05, 0) is 20.8 Å². The van der Waals surface area contributed by atoms with Gasteiger partial charge in [0, 0.05) is 6.04 Å². The molecule has 0 aliphatic carbocycles. The smallest absolute Gasteiger partial charge is 0.190 e. The monoisotopic (exact) mass is 203 g/mol. The topological polar surface area (TPSA) is 73.9 Å². The van der Waals surface area contributed by atoms with E-state index in [1.807, 2.05) is 0 Å². The van der Waals surface area contributed by atoms with Crippen molar-refractivity contribution >= 4 is 0 Å². The lowest BCUT2D eigenvalue weighted by atomic mass is 10.1. The van der Waals surface area contributed by atoms with E-state index in [9.17, 15) is 5.11 Å². The maximum atomic E-state index is 9.85. The average Bonchev–Trinajstić information content (AvgIpc) is 2.46. The summed E-state index contributed by atoms with van der Waals surface area (Å²) in [4.78, 5) is 0. The number of rotatable bonds is 1. The van der Waals surface area contributed by atoms with Gasteiger partial charge in [0.25, 0.3) is 0 Å². The van der Waals surface area contributed by atoms with Gasteiger partial charge in [-0.25, -0.2) is 0 Å². The first-order chi connectivity index (χ1) is 6.41. The van der Waals surface area contributed by atoms with Crippen LogP contribution in [0.4, 0.5) is 0 Å². The van der Waals surface area contributed by atoms with Gasteiger partial charge in [0.2, 0.25) is 0 Å². The number of nitrogens with two attached hydrogens (primary N) is 1. The zero-order chi connectivity index (χ0) is 10.5. The van der Waals surface area contributed by atoms with Gasteiger partial charge in [-0.3, -0.25) is 0 Å². The lowest BCUT2D eigenvalue weighted by molar-refractivity contribution is -0.216. The average molecular weight is 203 g/mol. The summed E-state index contributed by atoms with van der Waals surface area (Å²) >= 11 is 0. The minimum atomic E-state index is -0.707. The Morgan fingerprint density at radius 3 is 2.50 bits per heavy atom. The molecule has 0 saturated carbocycles. The lowest BCUT2D eigenvalue weighted by Crippen LogP contribution is -2.43. The van der Waals surface area contributed by atoms with Crippen molar-refractivity contribution in [2.75, 3.05) is 0 Å². The first-order valence-corrected chi connectivity index (χ1v) is 4.85. The summed E-state index contributed by atoms with van der Waals surface area (Å²) in [6, 6.07) is -0.231. The number of ether oxygens (including phenoxy) is 3. The highest BCUT2D eigenvalue weighted by molar-refractivity contribution is 4.95. The van der Waals surface area contributed by atoms with Crippen molar-refractivity contribution in [3.8, 4) is 0 Å². The van der Waals surface area contributed by atoms with Gasteiger partial charge < -0.3 is 25.1 Å². The lowest BCUT2D eigenvalue weighted by Gasteiger charge is -2.24. The molecule has 2 saturated heterocycles. The molecule has 0 amide bonds. The maximum absolute atomic E-state index is 9.85. The Hall–Kier alpha value is -0.200. The molecule has 0 spiro atoms. The first-order valence-electron chi connectivity index (χ1n) is 4.85. The van der Waals surface area contributed by atoms with Crippen molar-refractivity contribution in [2.45, 2.75) is 57.2 Å². The Labute approximate surface area is 83.1 Å². The Morgan fingerprint density at radius 1 is 1.36 bits per heavy atom. The predicted molar refractivity (Wildman–Crippen MR) is 48.4 cm³/mol. The Bertz CT molecular complexity index is 229. The van der Waals surface area contributed by atoms with Gasteiger partial charge in [-0.1, -0.05) is 0 Å². The second-order valence-electron chi connectivity index (χ2n) is 4.42. The van der Waals surface area contributed by atoms with Crippen molar-refractivity contribution in [1.29, 1.82) is 0 Å². The van der Waals surface area contributed by atoms with Gasteiger partial charge in [0.15, 0.2) is 12.1 Å². The van der Waals surface area contributed by atoms with Crippen LogP contribution in [0.2, 0.25) is 0 Å². The van der Waals surface area contributed by atoms with E-state index in [0.717, 1.165) is 0 Å². The highest BCUT2D eigenvalue weighted by Gasteiger charge is 2.54. The molecule has 14 heavy (non-hydrogen) atoms. The summed E-state index contributed by atoms with van der Waals surface area (Å²) in [5.41, 5.74) is 5.66. The normalized spacial score (nSPS) is 47.8. The molecule has 5 nitrogen and oxygen atoms in total. The maximum Gasteiger partial charge on any atom is 0.190 e. The molecule has 2 heterocycles. The van der Waals surface area contributed by atoms with Crippen LogP contribution in [0.25, 0.3) is 0 Å². The van der Waals surface area contributed by atoms with E-state index >= 15 is 0 Å². The molecule has 2 aliphatic heterocycles. The highest BCUT2D eigenvalue weighted by atomic mass is 16.8. The zero-order valence-electron chi connectivity index (χ0n) is 8.64. The molecule has 82 valence electrons. The standard InChI is InChI=1S/C9H17NO4/c1-4(10)6-5(11)7-8(12-6)14-9(2,3)13-7/h4-8,11H,10H2,1-3H3/t4-,5+,6-,7-,8-/m1/s1. The van der Waals surface area contributed by atoms with E-state index in [0.29, 0.717) is 0 Å². The predicted octanol–water partition coefficient (Wildman–Crippen LogP) is -0.429. The molecule has 5 heteroatoms. The Kier molecular flexibility index (Phi) is 2.32. The largest absolute Gasteiger partial charge is 0.387 e. The van der Waals surface area contributed by atoms with Crippen molar-refractivity contribution in [2.24, 2.45) is 5.73 Å². The molecule has 5 atom stereocenters. The third kappa shape index (κ3) is 1.55. The summed E-state index contributed by atoms with van der Waals surface area (Å²) in [5.74, 6) is -0.681. The highest BCUT2D eigenvalue weighted by Crippen LogP contribution is 2.37. The number of aliphatic hydroxyl groups excluding tert-OH is 1. The van der Waals surface area contributed by atoms with Crippen LogP contribution in [0.3, 0.4) is 0 Å². The summed E-state index contributed by atoms with van der Waals surface area (Å²) in [7, 11) is 0. The van der Waals surface area contributed by atoms with Crippen LogP contribution >= 0.6 is 0 Å². The quantitative estimate of drug-likeness (QED) is 0.605. The molecule has 2 aliphatic rings. The minimum Gasteiger partial charge on any atom is -0.387 e.